The Kier molecular flexibility index (Phi) is 4.45. The highest BCUT2D eigenvalue weighted by atomic mass is 16.4. The molecular formula is C18H22N6O. The molecule has 2 heterocycles. The molecule has 0 spiro atoms. The Bertz CT molecular complexity index is 820. The van der Waals surface area contributed by atoms with Crippen LogP contribution in [0.25, 0.3) is 5.69 Å². The van der Waals surface area contributed by atoms with E-state index in [1.54, 1.807) is 11.0 Å². The van der Waals surface area contributed by atoms with E-state index in [1.807, 2.05) is 6.07 Å². The van der Waals surface area contributed by atoms with E-state index < -0.39 is 0 Å². The molecule has 1 N–H and O–H groups in total. The number of rotatable bonds is 6. The van der Waals surface area contributed by atoms with Crippen LogP contribution in [0, 0.1) is 12.8 Å². The van der Waals surface area contributed by atoms with Crippen molar-refractivity contribution in [3.63, 3.8) is 0 Å². The lowest BCUT2D eigenvalue weighted by Crippen LogP contribution is -2.02. The van der Waals surface area contributed by atoms with E-state index in [1.165, 1.54) is 32.0 Å². The summed E-state index contributed by atoms with van der Waals surface area (Å²) < 4.78 is 7.49. The number of nitrogens with zero attached hydrogens (tertiary/aromatic N) is 5. The molecule has 0 radical (unpaired) electrons. The summed E-state index contributed by atoms with van der Waals surface area (Å²) >= 11 is 0. The van der Waals surface area contributed by atoms with Crippen molar-refractivity contribution in [2.45, 2.75) is 45.6 Å². The van der Waals surface area contributed by atoms with E-state index in [2.05, 4.69) is 44.7 Å². The maximum absolute atomic E-state index is 5.72. The number of hydrogen-bond donors (Lipinski definition) is 1. The fraction of sp³-hybridized carbons (Fsp3) is 0.444. The summed E-state index contributed by atoms with van der Waals surface area (Å²) in [7, 11) is 0. The van der Waals surface area contributed by atoms with Gasteiger partial charge in [-0.3, -0.25) is 0 Å². The molecule has 7 heteroatoms. The number of hydrogen-bond acceptors (Lipinski definition) is 6. The lowest BCUT2D eigenvalue weighted by molar-refractivity contribution is 0.437. The largest absolute Gasteiger partial charge is 0.408 e. The number of aromatic nitrogens is 5. The Balaban J connectivity index is 1.36. The summed E-state index contributed by atoms with van der Waals surface area (Å²) in [5, 5.41) is 15.6. The van der Waals surface area contributed by atoms with Gasteiger partial charge in [0.2, 0.25) is 5.89 Å². The third-order valence-corrected chi connectivity index (χ3v) is 4.78. The minimum Gasteiger partial charge on any atom is -0.408 e. The Morgan fingerprint density at radius 1 is 1.24 bits per heavy atom. The molecule has 3 aromatic rings. The number of aryl methyl sites for hydroxylation is 1. The summed E-state index contributed by atoms with van der Waals surface area (Å²) in [6.45, 7) is 2.70. The van der Waals surface area contributed by atoms with Gasteiger partial charge >= 0.3 is 6.01 Å². The molecule has 130 valence electrons. The van der Waals surface area contributed by atoms with Crippen LogP contribution in [0.5, 0.6) is 0 Å². The molecule has 25 heavy (non-hydrogen) atoms. The smallest absolute Gasteiger partial charge is 0.315 e. The maximum Gasteiger partial charge on any atom is 0.315 e. The van der Waals surface area contributed by atoms with E-state index in [4.69, 9.17) is 4.42 Å². The Morgan fingerprint density at radius 3 is 2.88 bits per heavy atom. The van der Waals surface area contributed by atoms with Crippen LogP contribution in [0.4, 0.5) is 6.01 Å². The second kappa shape index (κ2) is 7.04. The molecule has 7 nitrogen and oxygen atoms in total. The normalized spacial score (nSPS) is 14.9. The van der Waals surface area contributed by atoms with Crippen LogP contribution in [-0.4, -0.2) is 25.0 Å². The summed E-state index contributed by atoms with van der Waals surface area (Å²) in [4.78, 5) is 3.99. The standard InChI is InChI=1S/C18H22N6O/c1-13-8-15(6-7-16(13)24-12-19-11-21-24)10-20-18-23-22-17(25-18)9-14-4-2-3-5-14/h6-8,11-12,14H,2-5,9-10H2,1H3,(H,20,23). The van der Waals surface area contributed by atoms with Gasteiger partial charge in [0.15, 0.2) is 0 Å². The van der Waals surface area contributed by atoms with Crippen molar-refractivity contribution in [1.29, 1.82) is 0 Å². The Hall–Kier alpha value is -2.70. The van der Waals surface area contributed by atoms with E-state index in [-0.39, 0.29) is 0 Å². The summed E-state index contributed by atoms with van der Waals surface area (Å²) in [5.41, 5.74) is 3.31. The summed E-state index contributed by atoms with van der Waals surface area (Å²) in [6.07, 6.45) is 9.35. The van der Waals surface area contributed by atoms with Crippen molar-refractivity contribution in [2.75, 3.05) is 5.32 Å². The minimum absolute atomic E-state index is 0.492. The first-order valence-corrected chi connectivity index (χ1v) is 8.79. The van der Waals surface area contributed by atoms with E-state index in [0.717, 1.165) is 29.1 Å². The molecule has 1 aliphatic rings. The van der Waals surface area contributed by atoms with E-state index in [9.17, 15) is 0 Å². The first kappa shape index (κ1) is 15.8. The highest BCUT2D eigenvalue weighted by Gasteiger charge is 2.18. The number of anilines is 1. The number of benzene rings is 1. The highest BCUT2D eigenvalue weighted by molar-refractivity contribution is 5.42. The second-order valence-electron chi connectivity index (χ2n) is 6.67. The van der Waals surface area contributed by atoms with Crippen molar-refractivity contribution >= 4 is 6.01 Å². The van der Waals surface area contributed by atoms with Gasteiger partial charge in [-0.15, -0.1) is 5.10 Å². The van der Waals surface area contributed by atoms with Crippen molar-refractivity contribution < 1.29 is 4.42 Å². The monoisotopic (exact) mass is 338 g/mol. The quantitative estimate of drug-likeness (QED) is 0.742. The molecule has 1 saturated carbocycles. The van der Waals surface area contributed by atoms with Crippen LogP contribution in [0.2, 0.25) is 0 Å². The van der Waals surface area contributed by atoms with Gasteiger partial charge in [-0.25, -0.2) is 9.67 Å². The minimum atomic E-state index is 0.492. The lowest BCUT2D eigenvalue weighted by Gasteiger charge is -2.08. The first-order valence-electron chi connectivity index (χ1n) is 8.79. The zero-order valence-corrected chi connectivity index (χ0v) is 14.4. The zero-order valence-electron chi connectivity index (χ0n) is 14.4. The van der Waals surface area contributed by atoms with E-state index in [0.29, 0.717) is 18.5 Å². The predicted octanol–water partition coefficient (Wildman–Crippen LogP) is 3.30. The number of nitrogens with one attached hydrogen (secondary N) is 1. The molecule has 0 atom stereocenters. The maximum atomic E-state index is 5.72. The fourth-order valence-corrected chi connectivity index (χ4v) is 3.46. The predicted molar refractivity (Wildman–Crippen MR) is 93.4 cm³/mol. The molecule has 0 amide bonds. The average Bonchev–Trinajstić information content (AvgIpc) is 3.36. The molecule has 0 bridgehead atoms. The fourth-order valence-electron chi connectivity index (χ4n) is 3.46. The van der Waals surface area contributed by atoms with Crippen molar-refractivity contribution in [1.82, 2.24) is 25.0 Å². The van der Waals surface area contributed by atoms with Crippen molar-refractivity contribution in [3.05, 3.63) is 47.9 Å². The SMILES string of the molecule is Cc1cc(CNc2nnc(CC3CCCC3)o2)ccc1-n1cncn1. The molecule has 1 fully saturated rings. The van der Waals surface area contributed by atoms with Crippen LogP contribution in [0.3, 0.4) is 0 Å². The lowest BCUT2D eigenvalue weighted by atomic mass is 10.0. The molecule has 4 rings (SSSR count). The van der Waals surface area contributed by atoms with Gasteiger partial charge in [-0.2, -0.15) is 5.10 Å². The van der Waals surface area contributed by atoms with Gasteiger partial charge in [0.05, 0.1) is 5.69 Å². The van der Waals surface area contributed by atoms with Crippen LogP contribution in [0.1, 0.15) is 42.7 Å². The van der Waals surface area contributed by atoms with Crippen LogP contribution in [0.15, 0.2) is 35.3 Å². The average molecular weight is 338 g/mol. The third kappa shape index (κ3) is 3.70. The summed E-state index contributed by atoms with van der Waals surface area (Å²) in [5.74, 6) is 1.45. The van der Waals surface area contributed by atoms with Crippen LogP contribution < -0.4 is 5.32 Å². The molecule has 1 aromatic carbocycles. The van der Waals surface area contributed by atoms with Gasteiger partial charge in [0, 0.05) is 13.0 Å². The molecule has 0 saturated heterocycles. The second-order valence-corrected chi connectivity index (χ2v) is 6.67. The first-order chi connectivity index (χ1) is 12.3. The highest BCUT2D eigenvalue weighted by Crippen LogP contribution is 2.28. The molecule has 2 aromatic heterocycles. The Morgan fingerprint density at radius 2 is 2.12 bits per heavy atom. The molecular weight excluding hydrogens is 316 g/mol. The van der Waals surface area contributed by atoms with Gasteiger partial charge in [-0.1, -0.05) is 30.1 Å². The topological polar surface area (TPSA) is 81.7 Å². The molecule has 0 unspecified atom stereocenters. The van der Waals surface area contributed by atoms with Gasteiger partial charge in [0.25, 0.3) is 0 Å². The zero-order chi connectivity index (χ0) is 17.1. The Labute approximate surface area is 146 Å². The van der Waals surface area contributed by atoms with E-state index >= 15 is 0 Å². The van der Waals surface area contributed by atoms with Gasteiger partial charge in [-0.05, 0) is 42.9 Å². The van der Waals surface area contributed by atoms with Crippen molar-refractivity contribution in [3.8, 4) is 5.69 Å². The van der Waals surface area contributed by atoms with Crippen molar-refractivity contribution in [2.24, 2.45) is 5.92 Å². The third-order valence-electron chi connectivity index (χ3n) is 4.78. The van der Waals surface area contributed by atoms with Crippen LogP contribution >= 0.6 is 0 Å². The van der Waals surface area contributed by atoms with Gasteiger partial charge < -0.3 is 9.73 Å². The molecule has 1 aliphatic carbocycles. The van der Waals surface area contributed by atoms with Gasteiger partial charge in [0.1, 0.15) is 12.7 Å². The summed E-state index contributed by atoms with van der Waals surface area (Å²) in [6, 6.07) is 6.72. The molecule has 0 aliphatic heterocycles. The van der Waals surface area contributed by atoms with Crippen LogP contribution in [-0.2, 0) is 13.0 Å².